The molecule has 2 fully saturated rings. The first-order valence-corrected chi connectivity index (χ1v) is 10.3. The number of amides is 1. The van der Waals surface area contributed by atoms with Gasteiger partial charge >= 0.3 is 5.97 Å². The molecule has 3 heterocycles. The van der Waals surface area contributed by atoms with Crippen molar-refractivity contribution in [2.45, 2.75) is 44.6 Å². The second-order valence-electron chi connectivity index (χ2n) is 8.12. The first kappa shape index (κ1) is 21.1. The Hall–Kier alpha value is -3.13. The molecule has 31 heavy (non-hydrogen) atoms. The van der Waals surface area contributed by atoms with Crippen LogP contribution in [0.4, 0.5) is 0 Å². The summed E-state index contributed by atoms with van der Waals surface area (Å²) < 4.78 is 17.1. The Morgan fingerprint density at radius 1 is 1.16 bits per heavy atom. The van der Waals surface area contributed by atoms with Gasteiger partial charge in [0.2, 0.25) is 0 Å². The number of carbonyl (C=O) groups is 2. The summed E-state index contributed by atoms with van der Waals surface area (Å²) in [5.74, 6) is -1.15. The Morgan fingerprint density at radius 3 is 2.61 bits per heavy atom. The molecule has 2 unspecified atom stereocenters. The Balaban J connectivity index is 1.47. The van der Waals surface area contributed by atoms with Crippen LogP contribution < -0.4 is 10.1 Å². The number of ether oxygens (including phenoxy) is 3. The fourth-order valence-corrected chi connectivity index (χ4v) is 4.57. The van der Waals surface area contributed by atoms with E-state index in [0.717, 1.165) is 0 Å². The van der Waals surface area contributed by atoms with Crippen molar-refractivity contribution in [3.8, 4) is 11.5 Å². The minimum atomic E-state index is -0.504. The highest BCUT2D eigenvalue weighted by atomic mass is 16.6. The van der Waals surface area contributed by atoms with Gasteiger partial charge in [-0.15, -0.1) is 0 Å². The highest BCUT2D eigenvalue weighted by Crippen LogP contribution is 2.42. The SMILES string of the molecule is COc1ccnc(C(=O)N[C@H]2CC3OC2[C@H](C)[C@@H](OC(=O)c2ccccc2)[C@H]3C)c1O. The van der Waals surface area contributed by atoms with Crippen molar-refractivity contribution in [2.75, 3.05) is 7.11 Å². The molecule has 8 nitrogen and oxygen atoms in total. The first-order valence-electron chi connectivity index (χ1n) is 10.3. The van der Waals surface area contributed by atoms with Crippen molar-refractivity contribution in [2.24, 2.45) is 11.8 Å². The average molecular weight is 426 g/mol. The van der Waals surface area contributed by atoms with Crippen molar-refractivity contribution < 1.29 is 28.9 Å². The van der Waals surface area contributed by atoms with E-state index in [1.807, 2.05) is 19.9 Å². The van der Waals surface area contributed by atoms with Crippen molar-refractivity contribution in [1.82, 2.24) is 10.3 Å². The van der Waals surface area contributed by atoms with Gasteiger partial charge in [-0.2, -0.15) is 0 Å². The molecule has 1 amide bonds. The maximum atomic E-state index is 12.8. The van der Waals surface area contributed by atoms with Gasteiger partial charge in [-0.1, -0.05) is 32.0 Å². The van der Waals surface area contributed by atoms with Crippen LogP contribution in [0, 0.1) is 11.8 Å². The Kier molecular flexibility index (Phi) is 5.82. The van der Waals surface area contributed by atoms with E-state index >= 15 is 0 Å². The number of nitrogens with one attached hydrogen (secondary N) is 1. The van der Waals surface area contributed by atoms with Crippen LogP contribution in [0.1, 0.15) is 41.1 Å². The number of methoxy groups -OCH3 is 1. The number of hydrogen-bond donors (Lipinski definition) is 2. The number of fused-ring (bicyclic) bond motifs is 2. The van der Waals surface area contributed by atoms with Crippen molar-refractivity contribution >= 4 is 11.9 Å². The summed E-state index contributed by atoms with van der Waals surface area (Å²) in [6.07, 6.45) is 1.20. The zero-order valence-corrected chi connectivity index (χ0v) is 17.6. The second kappa shape index (κ2) is 8.55. The molecule has 4 rings (SSSR count). The molecule has 1 aromatic heterocycles. The largest absolute Gasteiger partial charge is 0.503 e. The number of nitrogens with zero attached hydrogens (tertiary/aromatic N) is 1. The van der Waals surface area contributed by atoms with Crippen LogP contribution in [0.5, 0.6) is 11.5 Å². The molecule has 164 valence electrons. The van der Waals surface area contributed by atoms with Gasteiger partial charge in [0.15, 0.2) is 17.2 Å². The third kappa shape index (κ3) is 3.95. The Morgan fingerprint density at radius 2 is 1.90 bits per heavy atom. The van der Waals surface area contributed by atoms with E-state index in [2.05, 4.69) is 10.3 Å². The van der Waals surface area contributed by atoms with Gasteiger partial charge in [-0.05, 0) is 18.6 Å². The van der Waals surface area contributed by atoms with Crippen LogP contribution >= 0.6 is 0 Å². The summed E-state index contributed by atoms with van der Waals surface area (Å²) in [6.45, 7) is 3.96. The van der Waals surface area contributed by atoms with Gasteiger partial charge in [0.05, 0.1) is 30.9 Å². The molecule has 2 aliphatic rings. The number of rotatable bonds is 5. The number of esters is 1. The molecule has 6 atom stereocenters. The van der Waals surface area contributed by atoms with Gasteiger partial charge in [0, 0.05) is 24.1 Å². The van der Waals surface area contributed by atoms with Gasteiger partial charge in [-0.3, -0.25) is 4.79 Å². The lowest BCUT2D eigenvalue weighted by molar-refractivity contribution is -0.132. The van der Waals surface area contributed by atoms with E-state index in [4.69, 9.17) is 14.2 Å². The summed E-state index contributed by atoms with van der Waals surface area (Å²) in [5, 5.41) is 13.2. The minimum Gasteiger partial charge on any atom is -0.503 e. The van der Waals surface area contributed by atoms with E-state index in [9.17, 15) is 14.7 Å². The number of aromatic nitrogens is 1. The third-order valence-electron chi connectivity index (χ3n) is 6.25. The molecule has 8 heteroatoms. The predicted molar refractivity (Wildman–Crippen MR) is 111 cm³/mol. The van der Waals surface area contributed by atoms with Crippen molar-refractivity contribution in [3.05, 3.63) is 53.9 Å². The van der Waals surface area contributed by atoms with Gasteiger partial charge < -0.3 is 24.6 Å². The lowest BCUT2D eigenvalue weighted by Crippen LogP contribution is -2.50. The lowest BCUT2D eigenvalue weighted by atomic mass is 9.86. The number of pyridine rings is 1. The topological polar surface area (TPSA) is 107 Å². The van der Waals surface area contributed by atoms with Crippen LogP contribution in [0.2, 0.25) is 0 Å². The third-order valence-corrected chi connectivity index (χ3v) is 6.25. The van der Waals surface area contributed by atoms with E-state index in [0.29, 0.717) is 12.0 Å². The van der Waals surface area contributed by atoms with Crippen molar-refractivity contribution in [3.63, 3.8) is 0 Å². The molecular formula is C23H26N2O6. The molecule has 0 saturated carbocycles. The maximum absolute atomic E-state index is 12.8. The summed E-state index contributed by atoms with van der Waals surface area (Å²) in [5.41, 5.74) is 0.402. The van der Waals surface area contributed by atoms with Gasteiger partial charge in [0.25, 0.3) is 5.91 Å². The molecule has 0 aliphatic carbocycles. The van der Waals surface area contributed by atoms with Crippen molar-refractivity contribution in [1.29, 1.82) is 0 Å². The lowest BCUT2D eigenvalue weighted by Gasteiger charge is -2.39. The molecule has 0 spiro atoms. The quantitative estimate of drug-likeness (QED) is 0.708. The minimum absolute atomic E-state index is 0.0239. The second-order valence-corrected chi connectivity index (χ2v) is 8.12. The highest BCUT2D eigenvalue weighted by Gasteiger charge is 2.52. The van der Waals surface area contributed by atoms with Crippen LogP contribution in [0.15, 0.2) is 42.6 Å². The Labute approximate surface area is 180 Å². The maximum Gasteiger partial charge on any atom is 0.338 e. The van der Waals surface area contributed by atoms with E-state index in [1.54, 1.807) is 24.3 Å². The fraction of sp³-hybridized carbons (Fsp3) is 0.435. The molecule has 2 saturated heterocycles. The smallest absolute Gasteiger partial charge is 0.338 e. The van der Waals surface area contributed by atoms with E-state index < -0.39 is 5.91 Å². The van der Waals surface area contributed by atoms with Crippen LogP contribution in [-0.4, -0.2) is 53.4 Å². The zero-order valence-electron chi connectivity index (χ0n) is 17.6. The standard InChI is InChI=1S/C23H26N2O6/c1-12-17-11-15(25-22(27)18-19(26)16(29-3)9-10-24-18)21(30-17)13(2)20(12)31-23(28)14-7-5-4-6-8-14/h4-10,12-13,15,17,20-21,26H,11H2,1-3H3,(H,25,27)/t12-,13+,15-,17?,20-,21?/m0/s1. The number of carbonyl (C=O) groups excluding carboxylic acids is 2. The molecule has 2 N–H and O–H groups in total. The first-order chi connectivity index (χ1) is 14.9. The number of aromatic hydroxyl groups is 1. The summed E-state index contributed by atoms with van der Waals surface area (Å²) in [7, 11) is 1.41. The number of benzene rings is 1. The molecule has 0 radical (unpaired) electrons. The van der Waals surface area contributed by atoms with Gasteiger partial charge in [-0.25, -0.2) is 9.78 Å². The number of hydrogen-bond acceptors (Lipinski definition) is 7. The molecular weight excluding hydrogens is 400 g/mol. The van der Waals surface area contributed by atoms with Crippen LogP contribution in [0.3, 0.4) is 0 Å². The Bertz CT molecular complexity index is 966. The van der Waals surface area contributed by atoms with Crippen LogP contribution in [-0.2, 0) is 9.47 Å². The zero-order chi connectivity index (χ0) is 22.1. The summed E-state index contributed by atoms with van der Waals surface area (Å²) in [4.78, 5) is 29.4. The average Bonchev–Trinajstić information content (AvgIpc) is 3.17. The predicted octanol–water partition coefficient (Wildman–Crippen LogP) is 2.56. The summed E-state index contributed by atoms with van der Waals surface area (Å²) >= 11 is 0. The van der Waals surface area contributed by atoms with E-state index in [1.165, 1.54) is 19.4 Å². The normalized spacial score (nSPS) is 29.3. The monoisotopic (exact) mass is 426 g/mol. The molecule has 2 aromatic rings. The van der Waals surface area contributed by atoms with Crippen LogP contribution in [0.25, 0.3) is 0 Å². The fourth-order valence-electron chi connectivity index (χ4n) is 4.57. The van der Waals surface area contributed by atoms with Gasteiger partial charge in [0.1, 0.15) is 6.10 Å². The van der Waals surface area contributed by atoms with E-state index in [-0.39, 0.29) is 59.4 Å². The molecule has 2 bridgehead atoms. The summed E-state index contributed by atoms with van der Waals surface area (Å²) in [6, 6.07) is 10.1. The highest BCUT2D eigenvalue weighted by molar-refractivity contribution is 5.95. The molecule has 2 aliphatic heterocycles. The molecule has 1 aromatic carbocycles.